The molecule has 3 heteroatoms. The minimum Gasteiger partial charge on any atom is -0.343 e. The van der Waals surface area contributed by atoms with Crippen LogP contribution in [0.4, 0.5) is 0 Å². The maximum Gasteiger partial charge on any atom is 0.228 e. The van der Waals surface area contributed by atoms with Gasteiger partial charge in [0.25, 0.3) is 0 Å². The van der Waals surface area contributed by atoms with Gasteiger partial charge in [0, 0.05) is 17.9 Å². The maximum absolute atomic E-state index is 13.1. The summed E-state index contributed by atoms with van der Waals surface area (Å²) in [4.78, 5) is 15.2. The van der Waals surface area contributed by atoms with E-state index >= 15 is 0 Å². The zero-order valence-electron chi connectivity index (χ0n) is 15.1. The van der Waals surface area contributed by atoms with Gasteiger partial charge in [-0.25, -0.2) is 0 Å². The van der Waals surface area contributed by atoms with Crippen LogP contribution in [0, 0.1) is 23.2 Å². The zero-order chi connectivity index (χ0) is 16.9. The number of hydrogen-bond donors (Lipinski definition) is 0. The van der Waals surface area contributed by atoms with Crippen LogP contribution in [-0.4, -0.2) is 22.4 Å². The molecule has 6 atom stereocenters. The molecule has 3 nitrogen and oxygen atoms in total. The molecule has 1 aromatic rings. The number of nitrogens with zero attached hydrogens (tertiary/aromatic N) is 1. The van der Waals surface area contributed by atoms with Crippen LogP contribution >= 0.6 is 0 Å². The van der Waals surface area contributed by atoms with Crippen molar-refractivity contribution in [3.8, 4) is 0 Å². The first kappa shape index (κ1) is 14.9. The summed E-state index contributed by atoms with van der Waals surface area (Å²) in [5.41, 5.74) is 0.708. The van der Waals surface area contributed by atoms with Gasteiger partial charge in [0.15, 0.2) is 5.72 Å². The molecule has 2 heterocycles. The number of hydrogen-bond acceptors (Lipinski definition) is 2. The summed E-state index contributed by atoms with van der Waals surface area (Å²) in [5.74, 6) is 1.59. The molecular weight excluding hydrogens is 298 g/mol. The van der Waals surface area contributed by atoms with Crippen molar-refractivity contribution in [3.05, 3.63) is 35.9 Å². The predicted molar refractivity (Wildman–Crippen MR) is 92.0 cm³/mol. The molecule has 5 fully saturated rings. The van der Waals surface area contributed by atoms with Gasteiger partial charge in [-0.1, -0.05) is 51.1 Å². The molecule has 3 saturated carbocycles. The van der Waals surface area contributed by atoms with Gasteiger partial charge in [-0.2, -0.15) is 0 Å². The number of fused-ring (bicyclic) bond motifs is 1. The molecule has 1 aromatic carbocycles. The Kier molecular flexibility index (Phi) is 2.64. The Morgan fingerprint density at radius 3 is 2.50 bits per heavy atom. The summed E-state index contributed by atoms with van der Waals surface area (Å²) < 4.78 is 6.98. The molecule has 1 amide bonds. The topological polar surface area (TPSA) is 29.5 Å². The van der Waals surface area contributed by atoms with Gasteiger partial charge in [-0.3, -0.25) is 4.79 Å². The molecule has 0 N–H and O–H groups in total. The van der Waals surface area contributed by atoms with Crippen molar-refractivity contribution in [1.29, 1.82) is 0 Å². The Hall–Kier alpha value is -1.35. The summed E-state index contributed by atoms with van der Waals surface area (Å²) in [6.45, 7) is 9.11. The standard InChI is InChI=1S/C21H27NO2/c1-13-12-21(14-8-6-5-7-9-14)22(18(13)23)17-11-15-10-16(19(15,2)3)20(17,4)24-21/h5-9,13,15-17H,10-12H2,1-4H3/t13-,15+,16+,17-,20+,21-/m0/s1. The van der Waals surface area contributed by atoms with Crippen LogP contribution in [0.2, 0.25) is 0 Å². The molecule has 2 aliphatic heterocycles. The van der Waals surface area contributed by atoms with Crippen LogP contribution in [0.5, 0.6) is 0 Å². The van der Waals surface area contributed by atoms with Gasteiger partial charge < -0.3 is 9.64 Å². The number of benzene rings is 1. The lowest BCUT2D eigenvalue weighted by Crippen LogP contribution is -2.67. The highest BCUT2D eigenvalue weighted by atomic mass is 16.6. The highest BCUT2D eigenvalue weighted by Gasteiger charge is 2.74. The molecule has 0 radical (unpaired) electrons. The number of amides is 1. The van der Waals surface area contributed by atoms with Crippen molar-refractivity contribution in [1.82, 2.24) is 4.90 Å². The third kappa shape index (κ3) is 1.47. The molecule has 2 bridgehead atoms. The van der Waals surface area contributed by atoms with E-state index in [2.05, 4.69) is 56.9 Å². The van der Waals surface area contributed by atoms with Crippen LogP contribution in [0.1, 0.15) is 52.5 Å². The monoisotopic (exact) mass is 325 g/mol. The van der Waals surface area contributed by atoms with Gasteiger partial charge in [-0.15, -0.1) is 0 Å². The van der Waals surface area contributed by atoms with E-state index in [0.717, 1.165) is 24.3 Å². The molecule has 24 heavy (non-hydrogen) atoms. The lowest BCUT2D eigenvalue weighted by molar-refractivity contribution is -0.229. The van der Waals surface area contributed by atoms with E-state index in [4.69, 9.17) is 4.74 Å². The Morgan fingerprint density at radius 1 is 1.12 bits per heavy atom. The molecule has 5 aliphatic rings. The van der Waals surface area contributed by atoms with E-state index in [0.29, 0.717) is 11.3 Å². The molecule has 0 spiro atoms. The van der Waals surface area contributed by atoms with Crippen LogP contribution in [0.25, 0.3) is 0 Å². The second kappa shape index (κ2) is 4.24. The predicted octanol–water partition coefficient (Wildman–Crippen LogP) is 3.93. The molecule has 6 rings (SSSR count). The molecule has 3 aliphatic carbocycles. The Balaban J connectivity index is 1.66. The van der Waals surface area contributed by atoms with Crippen LogP contribution in [0.3, 0.4) is 0 Å². The number of rotatable bonds is 1. The first-order chi connectivity index (χ1) is 11.3. The lowest BCUT2D eigenvalue weighted by atomic mass is 9.43. The van der Waals surface area contributed by atoms with E-state index < -0.39 is 5.72 Å². The minimum atomic E-state index is -0.551. The van der Waals surface area contributed by atoms with Gasteiger partial charge in [0.2, 0.25) is 5.91 Å². The summed E-state index contributed by atoms with van der Waals surface area (Å²) in [5, 5.41) is 0. The third-order valence-electron chi connectivity index (χ3n) is 7.89. The van der Waals surface area contributed by atoms with Crippen molar-refractivity contribution in [2.24, 2.45) is 23.2 Å². The van der Waals surface area contributed by atoms with E-state index in [1.807, 2.05) is 6.07 Å². The normalized spacial score (nSPS) is 48.0. The molecular formula is C21H27NO2. The van der Waals surface area contributed by atoms with E-state index in [1.165, 1.54) is 6.42 Å². The second-order valence-electron chi connectivity index (χ2n) is 9.31. The zero-order valence-corrected chi connectivity index (χ0v) is 15.1. The van der Waals surface area contributed by atoms with E-state index in [1.54, 1.807) is 0 Å². The first-order valence-electron chi connectivity index (χ1n) is 9.39. The molecule has 2 saturated heterocycles. The van der Waals surface area contributed by atoms with Crippen LogP contribution < -0.4 is 0 Å². The van der Waals surface area contributed by atoms with Gasteiger partial charge >= 0.3 is 0 Å². The molecule has 0 unspecified atom stereocenters. The summed E-state index contributed by atoms with van der Waals surface area (Å²) in [7, 11) is 0. The highest BCUT2D eigenvalue weighted by molar-refractivity contribution is 5.83. The van der Waals surface area contributed by atoms with Crippen molar-refractivity contribution in [2.75, 3.05) is 0 Å². The Morgan fingerprint density at radius 2 is 1.83 bits per heavy atom. The van der Waals surface area contributed by atoms with Gasteiger partial charge in [0.1, 0.15) is 0 Å². The van der Waals surface area contributed by atoms with Crippen molar-refractivity contribution >= 4 is 5.91 Å². The maximum atomic E-state index is 13.1. The average Bonchev–Trinajstić information content (AvgIpc) is 2.96. The summed E-state index contributed by atoms with van der Waals surface area (Å²) in [6.07, 6.45) is 3.12. The third-order valence-corrected chi connectivity index (χ3v) is 7.89. The number of carbonyl (C=O) groups is 1. The van der Waals surface area contributed by atoms with E-state index in [-0.39, 0.29) is 23.5 Å². The van der Waals surface area contributed by atoms with Crippen molar-refractivity contribution in [2.45, 2.75) is 64.3 Å². The highest BCUT2D eigenvalue weighted by Crippen LogP contribution is 2.70. The molecule has 128 valence electrons. The van der Waals surface area contributed by atoms with Crippen molar-refractivity contribution in [3.63, 3.8) is 0 Å². The van der Waals surface area contributed by atoms with E-state index in [9.17, 15) is 4.79 Å². The second-order valence-corrected chi connectivity index (χ2v) is 9.31. The fraction of sp³-hybridized carbons (Fsp3) is 0.667. The molecule has 0 aromatic heterocycles. The van der Waals surface area contributed by atoms with Gasteiger partial charge in [0.05, 0.1) is 11.6 Å². The van der Waals surface area contributed by atoms with Gasteiger partial charge in [-0.05, 0) is 37.0 Å². The fourth-order valence-corrected chi connectivity index (χ4v) is 6.52. The minimum absolute atomic E-state index is 0.0426. The van der Waals surface area contributed by atoms with Crippen LogP contribution in [0.15, 0.2) is 30.3 Å². The SMILES string of the molecule is C[C@H]1C[C@@]2(c3ccccc3)O[C@@]3(C)[C@H](C[C@H]4C[C@@H]3C4(C)C)N2C1=O. The Labute approximate surface area is 144 Å². The quantitative estimate of drug-likeness (QED) is 0.783. The largest absolute Gasteiger partial charge is 0.343 e. The summed E-state index contributed by atoms with van der Waals surface area (Å²) in [6, 6.07) is 10.7. The fourth-order valence-electron chi connectivity index (χ4n) is 6.52. The Bertz CT molecular complexity index is 714. The average molecular weight is 325 g/mol. The number of carbonyl (C=O) groups excluding carboxylic acids is 1. The first-order valence-corrected chi connectivity index (χ1v) is 9.39. The van der Waals surface area contributed by atoms with Crippen LogP contribution in [-0.2, 0) is 15.3 Å². The number of ether oxygens (including phenoxy) is 1. The summed E-state index contributed by atoms with van der Waals surface area (Å²) >= 11 is 0. The smallest absolute Gasteiger partial charge is 0.228 e. The van der Waals surface area contributed by atoms with Crippen molar-refractivity contribution < 1.29 is 9.53 Å². The lowest BCUT2D eigenvalue weighted by Gasteiger charge is -2.64.